The zero-order valence-electron chi connectivity index (χ0n) is 14.2. The Morgan fingerprint density at radius 2 is 1.70 bits per heavy atom. The summed E-state index contributed by atoms with van der Waals surface area (Å²) in [6.07, 6.45) is 4.58. The predicted molar refractivity (Wildman–Crippen MR) is 94.1 cm³/mol. The van der Waals surface area contributed by atoms with Crippen LogP contribution in [0.25, 0.3) is 11.4 Å². The predicted octanol–water partition coefficient (Wildman–Crippen LogP) is 3.80. The second kappa shape index (κ2) is 9.38. The van der Waals surface area contributed by atoms with E-state index in [0.29, 0.717) is 6.61 Å². The number of hydrogen-bond acceptors (Lipinski definition) is 4. The van der Waals surface area contributed by atoms with Gasteiger partial charge in [-0.2, -0.15) is 0 Å². The van der Waals surface area contributed by atoms with E-state index in [9.17, 15) is 0 Å². The zero-order chi connectivity index (χ0) is 16.5. The third-order valence-electron chi connectivity index (χ3n) is 3.68. The van der Waals surface area contributed by atoms with Gasteiger partial charge in [0, 0.05) is 18.0 Å². The molecule has 2 N–H and O–H groups in total. The summed E-state index contributed by atoms with van der Waals surface area (Å²) in [5.41, 5.74) is 10.5. The van der Waals surface area contributed by atoms with Gasteiger partial charge in [0.25, 0.3) is 0 Å². The van der Waals surface area contributed by atoms with Crippen LogP contribution in [-0.2, 0) is 11.3 Å². The van der Waals surface area contributed by atoms with E-state index in [1.807, 2.05) is 32.0 Å². The number of unbranched alkanes of at least 4 members (excludes halogenated alkanes) is 3. The maximum absolute atomic E-state index is 5.79. The lowest BCUT2D eigenvalue weighted by Gasteiger charge is -2.08. The molecule has 0 fully saturated rings. The molecular weight excluding hydrogens is 286 g/mol. The Morgan fingerprint density at radius 3 is 2.48 bits per heavy atom. The van der Waals surface area contributed by atoms with E-state index in [2.05, 4.69) is 22.1 Å². The van der Waals surface area contributed by atoms with Crippen LogP contribution in [0.1, 0.15) is 42.6 Å². The molecule has 0 aliphatic rings. The molecule has 124 valence electrons. The SMILES string of the molecule is Cc1cccc(-c2cc(COCCCCCCN)cc(C)n2)n1. The molecule has 0 aromatic carbocycles. The lowest BCUT2D eigenvalue weighted by Crippen LogP contribution is -2.00. The van der Waals surface area contributed by atoms with Crippen molar-refractivity contribution in [1.29, 1.82) is 0 Å². The first kappa shape index (κ1) is 17.6. The molecule has 0 saturated heterocycles. The lowest BCUT2D eigenvalue weighted by molar-refractivity contribution is 0.116. The summed E-state index contributed by atoms with van der Waals surface area (Å²) >= 11 is 0. The molecule has 23 heavy (non-hydrogen) atoms. The van der Waals surface area contributed by atoms with E-state index in [-0.39, 0.29) is 0 Å². The molecule has 0 spiro atoms. The first-order chi connectivity index (χ1) is 11.2. The van der Waals surface area contributed by atoms with Crippen LogP contribution in [0, 0.1) is 13.8 Å². The van der Waals surface area contributed by atoms with E-state index >= 15 is 0 Å². The van der Waals surface area contributed by atoms with Gasteiger partial charge in [0.05, 0.1) is 18.0 Å². The van der Waals surface area contributed by atoms with E-state index in [4.69, 9.17) is 10.5 Å². The lowest BCUT2D eigenvalue weighted by atomic mass is 10.1. The molecule has 2 heterocycles. The van der Waals surface area contributed by atoms with Crippen molar-refractivity contribution in [2.45, 2.75) is 46.1 Å². The van der Waals surface area contributed by atoms with E-state index in [0.717, 1.165) is 54.3 Å². The maximum atomic E-state index is 5.79. The number of hydrogen-bond donors (Lipinski definition) is 1. The Morgan fingerprint density at radius 1 is 0.913 bits per heavy atom. The van der Waals surface area contributed by atoms with Crippen LogP contribution in [-0.4, -0.2) is 23.1 Å². The molecule has 0 amide bonds. The average molecular weight is 313 g/mol. The number of pyridine rings is 2. The van der Waals surface area contributed by atoms with Crippen molar-refractivity contribution < 1.29 is 4.74 Å². The molecule has 2 rings (SSSR count). The van der Waals surface area contributed by atoms with Crippen LogP contribution in [0.3, 0.4) is 0 Å². The quantitative estimate of drug-likeness (QED) is 0.715. The summed E-state index contributed by atoms with van der Waals surface area (Å²) in [5, 5.41) is 0. The van der Waals surface area contributed by atoms with Crippen LogP contribution in [0.5, 0.6) is 0 Å². The van der Waals surface area contributed by atoms with Crippen LogP contribution >= 0.6 is 0 Å². The highest BCUT2D eigenvalue weighted by atomic mass is 16.5. The monoisotopic (exact) mass is 313 g/mol. The van der Waals surface area contributed by atoms with Crippen LogP contribution < -0.4 is 5.73 Å². The van der Waals surface area contributed by atoms with Crippen molar-refractivity contribution in [1.82, 2.24) is 9.97 Å². The third kappa shape index (κ3) is 6.08. The molecule has 0 radical (unpaired) electrons. The minimum absolute atomic E-state index is 0.624. The van der Waals surface area contributed by atoms with Gasteiger partial charge in [0.15, 0.2) is 0 Å². The van der Waals surface area contributed by atoms with Gasteiger partial charge in [0.1, 0.15) is 0 Å². The van der Waals surface area contributed by atoms with Crippen LogP contribution in [0.2, 0.25) is 0 Å². The normalized spacial score (nSPS) is 10.9. The standard InChI is InChI=1S/C19H27N3O/c1-15-8-7-9-18(21-15)19-13-17(12-16(2)22-19)14-23-11-6-4-3-5-10-20/h7-9,12-13H,3-6,10-11,14,20H2,1-2H3. The smallest absolute Gasteiger partial charge is 0.0893 e. The summed E-state index contributed by atoms with van der Waals surface area (Å²) in [6.45, 7) is 6.21. The molecular formula is C19H27N3O. The Balaban J connectivity index is 1.90. The van der Waals surface area contributed by atoms with Crippen molar-refractivity contribution in [3.05, 3.63) is 47.3 Å². The van der Waals surface area contributed by atoms with Crippen molar-refractivity contribution >= 4 is 0 Å². The van der Waals surface area contributed by atoms with E-state index < -0.39 is 0 Å². The third-order valence-corrected chi connectivity index (χ3v) is 3.68. The van der Waals surface area contributed by atoms with Gasteiger partial charge in [-0.25, -0.2) is 0 Å². The first-order valence-corrected chi connectivity index (χ1v) is 8.38. The highest BCUT2D eigenvalue weighted by Crippen LogP contribution is 2.18. The van der Waals surface area contributed by atoms with Gasteiger partial charge in [-0.05, 0) is 63.1 Å². The summed E-state index contributed by atoms with van der Waals surface area (Å²) in [6, 6.07) is 10.2. The van der Waals surface area contributed by atoms with Gasteiger partial charge in [0.2, 0.25) is 0 Å². The summed E-state index contributed by atoms with van der Waals surface area (Å²) in [5.74, 6) is 0. The average Bonchev–Trinajstić information content (AvgIpc) is 2.53. The van der Waals surface area contributed by atoms with Crippen molar-refractivity contribution in [2.24, 2.45) is 5.73 Å². The number of nitrogens with two attached hydrogens (primary N) is 1. The highest BCUT2D eigenvalue weighted by Gasteiger charge is 2.05. The van der Waals surface area contributed by atoms with Gasteiger partial charge in [-0.3, -0.25) is 9.97 Å². The number of ether oxygens (including phenoxy) is 1. The largest absolute Gasteiger partial charge is 0.377 e. The number of nitrogens with zero attached hydrogens (tertiary/aromatic N) is 2. The number of rotatable bonds is 9. The maximum Gasteiger partial charge on any atom is 0.0893 e. The van der Waals surface area contributed by atoms with Crippen molar-refractivity contribution in [2.75, 3.05) is 13.2 Å². The topological polar surface area (TPSA) is 61.0 Å². The molecule has 4 heteroatoms. The second-order valence-electron chi connectivity index (χ2n) is 5.92. The Kier molecular flexibility index (Phi) is 7.17. The van der Waals surface area contributed by atoms with E-state index in [1.54, 1.807) is 0 Å². The molecule has 0 bridgehead atoms. The van der Waals surface area contributed by atoms with Gasteiger partial charge in [-0.15, -0.1) is 0 Å². The van der Waals surface area contributed by atoms with Gasteiger partial charge < -0.3 is 10.5 Å². The minimum atomic E-state index is 0.624. The highest BCUT2D eigenvalue weighted by molar-refractivity contribution is 5.55. The molecule has 0 aliphatic heterocycles. The summed E-state index contributed by atoms with van der Waals surface area (Å²) in [4.78, 5) is 9.14. The molecule has 0 saturated carbocycles. The van der Waals surface area contributed by atoms with Crippen molar-refractivity contribution in [3.8, 4) is 11.4 Å². The second-order valence-corrected chi connectivity index (χ2v) is 5.92. The zero-order valence-corrected chi connectivity index (χ0v) is 14.2. The van der Waals surface area contributed by atoms with Crippen molar-refractivity contribution in [3.63, 3.8) is 0 Å². The summed E-state index contributed by atoms with van der Waals surface area (Å²) in [7, 11) is 0. The molecule has 0 unspecified atom stereocenters. The van der Waals surface area contributed by atoms with Gasteiger partial charge in [-0.1, -0.05) is 18.9 Å². The Bertz CT molecular complexity index is 613. The fourth-order valence-corrected chi connectivity index (χ4v) is 2.53. The fraction of sp³-hybridized carbons (Fsp3) is 0.474. The molecule has 0 atom stereocenters. The van der Waals surface area contributed by atoms with Crippen LogP contribution in [0.4, 0.5) is 0 Å². The fourth-order valence-electron chi connectivity index (χ4n) is 2.53. The summed E-state index contributed by atoms with van der Waals surface area (Å²) < 4.78 is 5.79. The van der Waals surface area contributed by atoms with E-state index in [1.165, 1.54) is 12.8 Å². The Labute approximate surface area is 139 Å². The molecule has 0 aliphatic carbocycles. The molecule has 4 nitrogen and oxygen atoms in total. The number of aryl methyl sites for hydroxylation is 2. The van der Waals surface area contributed by atoms with Crippen LogP contribution in [0.15, 0.2) is 30.3 Å². The first-order valence-electron chi connectivity index (χ1n) is 8.38. The minimum Gasteiger partial charge on any atom is -0.377 e. The Hall–Kier alpha value is -1.78. The molecule has 2 aromatic rings. The number of aromatic nitrogens is 2. The van der Waals surface area contributed by atoms with Gasteiger partial charge >= 0.3 is 0 Å². The molecule has 2 aromatic heterocycles.